The van der Waals surface area contributed by atoms with Crippen molar-refractivity contribution < 1.29 is 24.2 Å². The summed E-state index contributed by atoms with van der Waals surface area (Å²) in [7, 11) is 1.54. The number of carbonyl (C=O) groups excluding carboxylic acids is 3. The average molecular weight is 401 g/mol. The van der Waals surface area contributed by atoms with Crippen LogP contribution in [0.5, 0.6) is 0 Å². The van der Waals surface area contributed by atoms with Crippen LogP contribution >= 0.6 is 0 Å². The molecule has 1 spiro atoms. The van der Waals surface area contributed by atoms with Crippen LogP contribution in [0.15, 0.2) is 18.2 Å². The van der Waals surface area contributed by atoms with Crippen molar-refractivity contribution in [3.8, 4) is 0 Å². The minimum absolute atomic E-state index is 0.0242. The molecule has 3 fully saturated rings. The van der Waals surface area contributed by atoms with E-state index in [2.05, 4.69) is 10.6 Å². The lowest BCUT2D eigenvalue weighted by Gasteiger charge is -2.33. The lowest BCUT2D eigenvalue weighted by atomic mass is 9.70. The number of nitrogens with zero attached hydrogens (tertiary/aromatic N) is 1. The summed E-state index contributed by atoms with van der Waals surface area (Å²) in [5, 5.41) is 15.1. The summed E-state index contributed by atoms with van der Waals surface area (Å²) in [6.45, 7) is 3.58. The van der Waals surface area contributed by atoms with Gasteiger partial charge >= 0.3 is 0 Å². The van der Waals surface area contributed by atoms with Crippen LogP contribution < -0.4 is 10.6 Å². The largest absolute Gasteiger partial charge is 0.395 e. The number of likely N-dealkylation sites (tertiary alicyclic amines) is 1. The zero-order valence-corrected chi connectivity index (χ0v) is 16.9. The van der Waals surface area contributed by atoms with Gasteiger partial charge in [0.15, 0.2) is 0 Å². The van der Waals surface area contributed by atoms with Gasteiger partial charge in [-0.05, 0) is 37.8 Å². The van der Waals surface area contributed by atoms with Crippen LogP contribution in [-0.2, 0) is 19.1 Å². The van der Waals surface area contributed by atoms with Crippen molar-refractivity contribution >= 4 is 23.4 Å². The van der Waals surface area contributed by atoms with E-state index in [0.29, 0.717) is 18.5 Å². The van der Waals surface area contributed by atoms with Crippen LogP contribution in [0.3, 0.4) is 0 Å². The molecule has 5 atom stereocenters. The number of rotatable bonds is 5. The summed E-state index contributed by atoms with van der Waals surface area (Å²) in [5.74, 6) is -2.20. The Bertz CT molecular complexity index is 852. The zero-order valence-electron chi connectivity index (χ0n) is 16.9. The maximum atomic E-state index is 13.5. The van der Waals surface area contributed by atoms with Crippen LogP contribution in [0.25, 0.3) is 0 Å². The van der Waals surface area contributed by atoms with Gasteiger partial charge in [0.25, 0.3) is 0 Å². The molecule has 29 heavy (non-hydrogen) atoms. The fourth-order valence-electron chi connectivity index (χ4n) is 5.47. The van der Waals surface area contributed by atoms with E-state index < -0.39 is 23.5 Å². The molecule has 3 saturated heterocycles. The predicted octanol–water partition coefficient (Wildman–Crippen LogP) is 0.355. The van der Waals surface area contributed by atoms with E-state index in [1.54, 1.807) is 0 Å². The van der Waals surface area contributed by atoms with Crippen LogP contribution in [0.2, 0.25) is 0 Å². The molecule has 2 unspecified atom stereocenters. The second-order valence-corrected chi connectivity index (χ2v) is 8.18. The Labute approximate surface area is 169 Å². The van der Waals surface area contributed by atoms with Crippen molar-refractivity contribution in [3.05, 3.63) is 29.3 Å². The maximum absolute atomic E-state index is 13.5. The Balaban J connectivity index is 1.72. The Morgan fingerprint density at radius 1 is 1.28 bits per heavy atom. The van der Waals surface area contributed by atoms with Crippen molar-refractivity contribution in [1.82, 2.24) is 10.2 Å². The van der Waals surface area contributed by atoms with E-state index in [1.807, 2.05) is 32.0 Å². The minimum atomic E-state index is -1.03. The number of aliphatic hydroxyl groups is 1. The number of para-hydroxylation sites is 1. The summed E-state index contributed by atoms with van der Waals surface area (Å²) in [6.07, 6.45) is 0.798. The monoisotopic (exact) mass is 401 g/mol. The third kappa shape index (κ3) is 2.77. The first-order valence-corrected chi connectivity index (χ1v) is 10.0. The van der Waals surface area contributed by atoms with Crippen molar-refractivity contribution in [1.29, 1.82) is 0 Å². The van der Waals surface area contributed by atoms with Crippen LogP contribution in [0.1, 0.15) is 24.0 Å². The number of fused-ring (bicyclic) bond motifs is 1. The number of hydrogen-bond donors (Lipinski definition) is 3. The fraction of sp³-hybridized carbons (Fsp3) is 0.571. The molecule has 156 valence electrons. The molecule has 3 amide bonds. The maximum Gasteiger partial charge on any atom is 0.250 e. The fourth-order valence-corrected chi connectivity index (χ4v) is 5.47. The molecular weight excluding hydrogens is 374 g/mol. The molecule has 1 aromatic carbocycles. The van der Waals surface area contributed by atoms with Crippen molar-refractivity contribution in [2.75, 3.05) is 25.5 Å². The number of amides is 3. The smallest absolute Gasteiger partial charge is 0.250 e. The van der Waals surface area contributed by atoms with Crippen molar-refractivity contribution in [2.24, 2.45) is 11.8 Å². The number of benzene rings is 1. The third-order valence-electron chi connectivity index (χ3n) is 6.67. The molecule has 2 bridgehead atoms. The number of anilines is 1. The van der Waals surface area contributed by atoms with Gasteiger partial charge in [-0.3, -0.25) is 14.4 Å². The van der Waals surface area contributed by atoms with Gasteiger partial charge in [0.05, 0.1) is 24.5 Å². The van der Waals surface area contributed by atoms with Gasteiger partial charge in [-0.2, -0.15) is 0 Å². The summed E-state index contributed by atoms with van der Waals surface area (Å²) in [4.78, 5) is 40.6. The number of β-amino-alcohol motifs (C(OH)–C–C–N with tert-alkyl or cyclic N) is 1. The van der Waals surface area contributed by atoms with Crippen LogP contribution in [-0.4, -0.2) is 65.7 Å². The first kappa shape index (κ1) is 19.8. The van der Waals surface area contributed by atoms with Crippen molar-refractivity contribution in [3.63, 3.8) is 0 Å². The zero-order chi connectivity index (χ0) is 20.9. The molecule has 3 heterocycles. The number of nitrogens with one attached hydrogen (secondary N) is 2. The molecule has 8 nitrogen and oxygen atoms in total. The predicted molar refractivity (Wildman–Crippen MR) is 105 cm³/mol. The minimum Gasteiger partial charge on any atom is -0.395 e. The van der Waals surface area contributed by atoms with Gasteiger partial charge in [-0.1, -0.05) is 18.2 Å². The first-order valence-electron chi connectivity index (χ1n) is 10.0. The second kappa shape index (κ2) is 7.11. The topological polar surface area (TPSA) is 108 Å². The third-order valence-corrected chi connectivity index (χ3v) is 6.67. The number of aryl methyl sites for hydroxylation is 2. The summed E-state index contributed by atoms with van der Waals surface area (Å²) < 4.78 is 6.23. The molecule has 8 heteroatoms. The van der Waals surface area contributed by atoms with E-state index in [4.69, 9.17) is 4.74 Å². The highest BCUT2D eigenvalue weighted by Crippen LogP contribution is 2.58. The molecule has 1 aromatic rings. The molecule has 0 aromatic heterocycles. The normalized spacial score (nSPS) is 32.4. The number of carbonyl (C=O) groups is 3. The van der Waals surface area contributed by atoms with E-state index in [0.717, 1.165) is 11.1 Å². The van der Waals surface area contributed by atoms with E-state index in [9.17, 15) is 19.5 Å². The number of hydrogen-bond acceptors (Lipinski definition) is 5. The van der Waals surface area contributed by atoms with Gasteiger partial charge in [-0.15, -0.1) is 0 Å². The SMILES string of the molecule is CNC(=O)[C@@H]1[C@H]2C(=O)N(CCO)C(C(=O)Nc3c(C)cccc3C)C23CC[C@H]1O3. The lowest BCUT2D eigenvalue weighted by Crippen LogP contribution is -2.53. The molecule has 0 radical (unpaired) electrons. The standard InChI is InChI=1S/C21H27N3O5/c1-11-5-4-6-12(2)16(11)23-19(27)17-21-8-7-13(29-21)14(18(26)22-3)15(21)20(28)24(17)9-10-25/h4-6,13-15,17,25H,7-10H2,1-3H3,(H,22,26)(H,23,27)/t13-,14+,15+,17?,21?/m1/s1. The lowest BCUT2D eigenvalue weighted by molar-refractivity contribution is -0.141. The molecule has 0 aliphatic carbocycles. The summed E-state index contributed by atoms with van der Waals surface area (Å²) in [5.41, 5.74) is 1.52. The number of aliphatic hydroxyl groups excluding tert-OH is 1. The highest BCUT2D eigenvalue weighted by atomic mass is 16.5. The Kier molecular flexibility index (Phi) is 4.86. The van der Waals surface area contributed by atoms with Gasteiger partial charge in [-0.25, -0.2) is 0 Å². The summed E-state index contributed by atoms with van der Waals surface area (Å²) in [6, 6.07) is 4.86. The molecule has 3 aliphatic heterocycles. The molecule has 0 saturated carbocycles. The Morgan fingerprint density at radius 2 is 1.97 bits per heavy atom. The molecule has 4 rings (SSSR count). The quantitative estimate of drug-likeness (QED) is 0.660. The first-order chi connectivity index (χ1) is 13.9. The average Bonchev–Trinajstić information content (AvgIpc) is 3.32. The highest BCUT2D eigenvalue weighted by molar-refractivity contribution is 6.04. The summed E-state index contributed by atoms with van der Waals surface area (Å²) >= 11 is 0. The molecular formula is C21H27N3O5. The van der Waals surface area contributed by atoms with Crippen LogP contribution in [0, 0.1) is 25.7 Å². The second-order valence-electron chi connectivity index (χ2n) is 8.18. The Hall–Kier alpha value is -2.45. The van der Waals surface area contributed by atoms with Gasteiger partial charge in [0.2, 0.25) is 17.7 Å². The van der Waals surface area contributed by atoms with E-state index in [1.165, 1.54) is 11.9 Å². The number of ether oxygens (including phenoxy) is 1. The van der Waals surface area contributed by atoms with Gasteiger partial charge < -0.3 is 25.4 Å². The van der Waals surface area contributed by atoms with E-state index >= 15 is 0 Å². The Morgan fingerprint density at radius 3 is 2.59 bits per heavy atom. The van der Waals surface area contributed by atoms with E-state index in [-0.39, 0.29) is 37.0 Å². The highest BCUT2D eigenvalue weighted by Gasteiger charge is 2.74. The van der Waals surface area contributed by atoms with Gasteiger partial charge in [0.1, 0.15) is 11.6 Å². The van der Waals surface area contributed by atoms with Gasteiger partial charge in [0, 0.05) is 19.3 Å². The molecule has 3 aliphatic rings. The molecule has 3 N–H and O–H groups in total. The van der Waals surface area contributed by atoms with Crippen LogP contribution in [0.4, 0.5) is 5.69 Å². The van der Waals surface area contributed by atoms with Crippen molar-refractivity contribution in [2.45, 2.75) is 44.4 Å².